The number of fused-ring (bicyclic) bond motifs is 6. The van der Waals surface area contributed by atoms with Crippen molar-refractivity contribution in [3.63, 3.8) is 0 Å². The average Bonchev–Trinajstić information content (AvgIpc) is 3.40. The van der Waals surface area contributed by atoms with Crippen molar-refractivity contribution in [1.82, 2.24) is 9.13 Å². The third-order valence-corrected chi connectivity index (χ3v) is 6.81. The fourth-order valence-electron chi connectivity index (χ4n) is 5.20. The van der Waals surface area contributed by atoms with E-state index in [0.29, 0.717) is 11.1 Å². The number of hydrogen-bond donors (Lipinski definition) is 0. The highest BCUT2D eigenvalue weighted by Gasteiger charge is 2.21. The molecule has 2 aromatic heterocycles. The van der Waals surface area contributed by atoms with Crippen LogP contribution >= 0.6 is 0 Å². The molecule has 0 aliphatic rings. The highest BCUT2D eigenvalue weighted by atomic mass is 16.2. The van der Waals surface area contributed by atoms with Crippen molar-refractivity contribution >= 4 is 55.4 Å². The Balaban J connectivity index is 1.71. The molecule has 0 radical (unpaired) electrons. The molecule has 0 unspecified atom stereocenters. The molecule has 0 spiro atoms. The SMILES string of the molecule is C=C(C)C(=O)n1c2ccccc2c2cc(-c3cccc4c5ccccc5n(C(=O)C(=C)C)c34)ccc21. The summed E-state index contributed by atoms with van der Waals surface area (Å²) in [6.45, 7) is 11.3. The van der Waals surface area contributed by atoms with Gasteiger partial charge in [0.15, 0.2) is 0 Å². The van der Waals surface area contributed by atoms with Crippen LogP contribution < -0.4 is 0 Å². The standard InChI is InChI=1S/C32H24N2O2/c1-19(2)31(35)33-27-14-7-6-11-24(27)26-18-21(16-17-29(26)33)22-12-9-13-25-23-10-5-8-15-28(23)34(30(22)25)32(36)20(3)4/h5-18H,1,3H2,2,4H3. The number of allylic oxidation sites excluding steroid dienone is 2. The Morgan fingerprint density at radius 3 is 1.78 bits per heavy atom. The third-order valence-electron chi connectivity index (χ3n) is 6.81. The number of carbonyl (C=O) groups excluding carboxylic acids is 2. The molecular weight excluding hydrogens is 444 g/mol. The van der Waals surface area contributed by atoms with Gasteiger partial charge in [-0.05, 0) is 43.7 Å². The molecule has 4 aromatic carbocycles. The van der Waals surface area contributed by atoms with Crippen molar-refractivity contribution in [2.24, 2.45) is 0 Å². The molecule has 0 bridgehead atoms. The molecule has 0 fully saturated rings. The fourth-order valence-corrected chi connectivity index (χ4v) is 5.20. The zero-order valence-electron chi connectivity index (χ0n) is 20.2. The Morgan fingerprint density at radius 2 is 1.11 bits per heavy atom. The summed E-state index contributed by atoms with van der Waals surface area (Å²) in [6, 6.07) is 28.1. The van der Waals surface area contributed by atoms with Gasteiger partial charge in [0.2, 0.25) is 0 Å². The van der Waals surface area contributed by atoms with E-state index in [1.54, 1.807) is 23.0 Å². The summed E-state index contributed by atoms with van der Waals surface area (Å²) in [5.41, 5.74) is 6.27. The van der Waals surface area contributed by atoms with Crippen LogP contribution in [0.2, 0.25) is 0 Å². The van der Waals surface area contributed by atoms with Crippen molar-refractivity contribution < 1.29 is 9.59 Å². The van der Waals surface area contributed by atoms with Gasteiger partial charge >= 0.3 is 0 Å². The maximum Gasteiger partial charge on any atom is 0.257 e. The molecule has 0 atom stereocenters. The largest absolute Gasteiger partial charge is 0.276 e. The van der Waals surface area contributed by atoms with Gasteiger partial charge in [0.1, 0.15) is 0 Å². The first-order valence-electron chi connectivity index (χ1n) is 11.8. The van der Waals surface area contributed by atoms with Gasteiger partial charge in [-0.25, -0.2) is 0 Å². The van der Waals surface area contributed by atoms with Crippen LogP contribution in [0.5, 0.6) is 0 Å². The van der Waals surface area contributed by atoms with Gasteiger partial charge < -0.3 is 0 Å². The van der Waals surface area contributed by atoms with Crippen molar-refractivity contribution in [3.05, 3.63) is 109 Å². The molecule has 0 aliphatic carbocycles. The van der Waals surface area contributed by atoms with E-state index in [1.165, 1.54) is 0 Å². The molecule has 4 heteroatoms. The second-order valence-corrected chi connectivity index (χ2v) is 9.31. The molecule has 0 saturated heterocycles. The zero-order valence-corrected chi connectivity index (χ0v) is 20.2. The van der Waals surface area contributed by atoms with Crippen molar-refractivity contribution in [2.75, 3.05) is 0 Å². The Bertz CT molecular complexity index is 1930. The third kappa shape index (κ3) is 3.01. The molecule has 0 N–H and O–H groups in total. The summed E-state index contributed by atoms with van der Waals surface area (Å²) in [4.78, 5) is 26.4. The van der Waals surface area contributed by atoms with Crippen LogP contribution in [0, 0.1) is 0 Å². The Hall–Kier alpha value is -4.70. The molecule has 4 nitrogen and oxygen atoms in total. The van der Waals surface area contributed by atoms with E-state index in [-0.39, 0.29) is 11.8 Å². The van der Waals surface area contributed by atoms with Crippen LogP contribution in [0.3, 0.4) is 0 Å². The summed E-state index contributed by atoms with van der Waals surface area (Å²) in [6.07, 6.45) is 0. The Kier molecular flexibility index (Phi) is 4.80. The predicted molar refractivity (Wildman–Crippen MR) is 149 cm³/mol. The lowest BCUT2D eigenvalue weighted by Gasteiger charge is -2.11. The highest BCUT2D eigenvalue weighted by Crippen LogP contribution is 2.39. The van der Waals surface area contributed by atoms with Gasteiger partial charge in [-0.1, -0.05) is 73.8 Å². The monoisotopic (exact) mass is 468 g/mol. The van der Waals surface area contributed by atoms with E-state index in [9.17, 15) is 9.59 Å². The number of carbonyl (C=O) groups is 2. The number of rotatable bonds is 3. The van der Waals surface area contributed by atoms with E-state index in [0.717, 1.165) is 54.7 Å². The van der Waals surface area contributed by atoms with Crippen LogP contribution in [0.4, 0.5) is 0 Å². The highest BCUT2D eigenvalue weighted by molar-refractivity contribution is 6.20. The van der Waals surface area contributed by atoms with Gasteiger partial charge in [0, 0.05) is 38.3 Å². The zero-order chi connectivity index (χ0) is 25.1. The van der Waals surface area contributed by atoms with Crippen LogP contribution in [-0.4, -0.2) is 20.9 Å². The molecular formula is C32H24N2O2. The second-order valence-electron chi connectivity index (χ2n) is 9.31. The average molecular weight is 469 g/mol. The number of hydrogen-bond acceptors (Lipinski definition) is 2. The van der Waals surface area contributed by atoms with E-state index < -0.39 is 0 Å². The summed E-state index contributed by atoms with van der Waals surface area (Å²) >= 11 is 0. The predicted octanol–water partition coefficient (Wildman–Crippen LogP) is 8.00. The van der Waals surface area contributed by atoms with Crippen LogP contribution in [0.15, 0.2) is 109 Å². The van der Waals surface area contributed by atoms with Gasteiger partial charge in [-0.15, -0.1) is 0 Å². The van der Waals surface area contributed by atoms with Gasteiger partial charge in [-0.3, -0.25) is 18.7 Å². The normalized spacial score (nSPS) is 11.5. The maximum atomic E-state index is 13.4. The molecule has 6 rings (SSSR count). The molecule has 0 saturated carbocycles. The second kappa shape index (κ2) is 7.92. The van der Waals surface area contributed by atoms with Gasteiger partial charge in [-0.2, -0.15) is 0 Å². The van der Waals surface area contributed by atoms with E-state index >= 15 is 0 Å². The first-order valence-corrected chi connectivity index (χ1v) is 11.8. The number of para-hydroxylation sites is 3. The summed E-state index contributed by atoms with van der Waals surface area (Å²) < 4.78 is 3.51. The van der Waals surface area contributed by atoms with Gasteiger partial charge in [0.25, 0.3) is 11.8 Å². The minimum absolute atomic E-state index is 0.122. The Morgan fingerprint density at radius 1 is 0.583 bits per heavy atom. The van der Waals surface area contributed by atoms with Crippen LogP contribution in [-0.2, 0) is 0 Å². The summed E-state index contributed by atoms with van der Waals surface area (Å²) in [7, 11) is 0. The molecule has 174 valence electrons. The van der Waals surface area contributed by atoms with Crippen molar-refractivity contribution in [1.29, 1.82) is 0 Å². The lowest BCUT2D eigenvalue weighted by molar-refractivity contribution is 0.0957. The summed E-state index contributed by atoms with van der Waals surface area (Å²) in [5, 5.41) is 4.00. The van der Waals surface area contributed by atoms with E-state index in [2.05, 4.69) is 25.3 Å². The lowest BCUT2D eigenvalue weighted by Crippen LogP contribution is -2.11. The van der Waals surface area contributed by atoms with Crippen molar-refractivity contribution in [2.45, 2.75) is 13.8 Å². The quantitative estimate of drug-likeness (QED) is 0.247. The Labute approximate surface area is 208 Å². The molecule has 2 heterocycles. The number of benzene rings is 4. The molecule has 0 amide bonds. The first-order chi connectivity index (χ1) is 17.4. The van der Waals surface area contributed by atoms with Crippen molar-refractivity contribution in [3.8, 4) is 11.1 Å². The molecule has 36 heavy (non-hydrogen) atoms. The van der Waals surface area contributed by atoms with Crippen LogP contribution in [0.25, 0.3) is 54.7 Å². The summed E-state index contributed by atoms with van der Waals surface area (Å²) in [5.74, 6) is -0.249. The first kappa shape index (κ1) is 21.8. The lowest BCUT2D eigenvalue weighted by atomic mass is 10.00. The number of nitrogens with zero attached hydrogens (tertiary/aromatic N) is 2. The topological polar surface area (TPSA) is 44.0 Å². The van der Waals surface area contributed by atoms with Crippen LogP contribution in [0.1, 0.15) is 23.4 Å². The minimum atomic E-state index is -0.126. The number of aromatic nitrogens is 2. The fraction of sp³-hybridized carbons (Fsp3) is 0.0625. The molecule has 6 aromatic rings. The van der Waals surface area contributed by atoms with E-state index in [1.807, 2.05) is 72.8 Å². The maximum absolute atomic E-state index is 13.4. The minimum Gasteiger partial charge on any atom is -0.276 e. The molecule has 0 aliphatic heterocycles. The van der Waals surface area contributed by atoms with Gasteiger partial charge in [0.05, 0.1) is 22.1 Å². The smallest absolute Gasteiger partial charge is 0.257 e. The van der Waals surface area contributed by atoms with E-state index in [4.69, 9.17) is 0 Å².